The third-order valence-electron chi connectivity index (χ3n) is 1.46. The number of hydrogen-bond donors (Lipinski definition) is 0. The summed E-state index contributed by atoms with van der Waals surface area (Å²) in [5.74, 6) is 0. The fourth-order valence-corrected chi connectivity index (χ4v) is 0.807. The quantitative estimate of drug-likeness (QED) is 0.534. The zero-order valence-electron chi connectivity index (χ0n) is 7.85. The van der Waals surface area contributed by atoms with E-state index in [1.807, 2.05) is 6.08 Å². The van der Waals surface area contributed by atoms with Gasteiger partial charge in [0, 0.05) is 0 Å². The van der Waals surface area contributed by atoms with Crippen molar-refractivity contribution in [3.05, 3.63) is 36.0 Å². The molecule has 0 saturated carbocycles. The second kappa shape index (κ2) is 5.96. The molecule has 0 aromatic rings. The molecule has 0 atom stereocenters. The molecular formula is C11H18. The van der Waals surface area contributed by atoms with Crippen molar-refractivity contribution in [1.29, 1.82) is 0 Å². The van der Waals surface area contributed by atoms with Crippen LogP contribution in [0.4, 0.5) is 0 Å². The third-order valence-corrected chi connectivity index (χ3v) is 1.46. The second-order valence-electron chi connectivity index (χ2n) is 3.06. The molecule has 0 nitrogen and oxygen atoms in total. The van der Waals surface area contributed by atoms with Crippen LogP contribution in [0.3, 0.4) is 0 Å². The normalized spacial score (nSPS) is 11.0. The minimum absolute atomic E-state index is 1.01. The largest absolute Gasteiger partial charge is 0.103 e. The van der Waals surface area contributed by atoms with E-state index >= 15 is 0 Å². The van der Waals surface area contributed by atoms with Crippen molar-refractivity contribution in [2.75, 3.05) is 0 Å². The first-order valence-corrected chi connectivity index (χ1v) is 4.06. The van der Waals surface area contributed by atoms with Crippen LogP contribution in [0.2, 0.25) is 0 Å². The SMILES string of the molecule is C=CC/C(C)=C/CC=C(C)C. The Kier molecular flexibility index (Phi) is 5.54. The average molecular weight is 150 g/mol. The van der Waals surface area contributed by atoms with Crippen LogP contribution >= 0.6 is 0 Å². The predicted molar refractivity (Wildman–Crippen MR) is 52.6 cm³/mol. The van der Waals surface area contributed by atoms with E-state index in [1.165, 1.54) is 11.1 Å². The van der Waals surface area contributed by atoms with Crippen molar-refractivity contribution in [2.24, 2.45) is 0 Å². The molecule has 0 bridgehead atoms. The Morgan fingerprint density at radius 3 is 2.27 bits per heavy atom. The van der Waals surface area contributed by atoms with E-state index in [2.05, 4.69) is 39.5 Å². The molecule has 0 aromatic carbocycles. The highest BCUT2D eigenvalue weighted by Gasteiger charge is 1.82. The Bertz CT molecular complexity index is 166. The molecule has 11 heavy (non-hydrogen) atoms. The number of allylic oxidation sites excluding steroid dienone is 5. The molecule has 62 valence electrons. The van der Waals surface area contributed by atoms with Gasteiger partial charge in [-0.1, -0.05) is 29.4 Å². The minimum atomic E-state index is 1.01. The van der Waals surface area contributed by atoms with Gasteiger partial charge in [-0.3, -0.25) is 0 Å². The van der Waals surface area contributed by atoms with E-state index in [9.17, 15) is 0 Å². The smallest absolute Gasteiger partial charge is 0.0144 e. The lowest BCUT2D eigenvalue weighted by Crippen LogP contribution is -1.72. The van der Waals surface area contributed by atoms with Crippen molar-refractivity contribution in [3.8, 4) is 0 Å². The molecule has 0 saturated heterocycles. The van der Waals surface area contributed by atoms with E-state index in [-0.39, 0.29) is 0 Å². The zero-order valence-corrected chi connectivity index (χ0v) is 7.85. The first-order chi connectivity index (χ1) is 5.16. The number of rotatable bonds is 4. The highest BCUT2D eigenvalue weighted by molar-refractivity contribution is 5.07. The van der Waals surface area contributed by atoms with Crippen LogP contribution in [-0.4, -0.2) is 0 Å². The first-order valence-electron chi connectivity index (χ1n) is 4.06. The summed E-state index contributed by atoms with van der Waals surface area (Å²) in [5.41, 5.74) is 2.78. The van der Waals surface area contributed by atoms with Crippen molar-refractivity contribution < 1.29 is 0 Å². The molecule has 0 N–H and O–H groups in total. The predicted octanol–water partition coefficient (Wildman–Crippen LogP) is 3.87. The fraction of sp³-hybridized carbons (Fsp3) is 0.455. The summed E-state index contributed by atoms with van der Waals surface area (Å²) in [6.45, 7) is 10.1. The Labute approximate surface area is 70.3 Å². The highest BCUT2D eigenvalue weighted by atomic mass is 13.9. The zero-order chi connectivity index (χ0) is 8.69. The molecule has 0 fully saturated rings. The Balaban J connectivity index is 3.73. The average Bonchev–Trinajstić information content (AvgIpc) is 1.87. The van der Waals surface area contributed by atoms with Gasteiger partial charge >= 0.3 is 0 Å². The van der Waals surface area contributed by atoms with Gasteiger partial charge in [0.2, 0.25) is 0 Å². The second-order valence-corrected chi connectivity index (χ2v) is 3.06. The van der Waals surface area contributed by atoms with E-state index in [0.29, 0.717) is 0 Å². The minimum Gasteiger partial charge on any atom is -0.103 e. The molecule has 0 radical (unpaired) electrons. The van der Waals surface area contributed by atoms with Crippen LogP contribution in [0.25, 0.3) is 0 Å². The highest BCUT2D eigenvalue weighted by Crippen LogP contribution is 2.03. The van der Waals surface area contributed by atoms with Gasteiger partial charge in [-0.2, -0.15) is 0 Å². The van der Waals surface area contributed by atoms with Gasteiger partial charge in [-0.25, -0.2) is 0 Å². The van der Waals surface area contributed by atoms with Gasteiger partial charge in [-0.15, -0.1) is 6.58 Å². The van der Waals surface area contributed by atoms with Crippen molar-refractivity contribution in [1.82, 2.24) is 0 Å². The van der Waals surface area contributed by atoms with Crippen LogP contribution in [0.5, 0.6) is 0 Å². The summed E-state index contributed by atoms with van der Waals surface area (Å²) < 4.78 is 0. The monoisotopic (exact) mass is 150 g/mol. The molecule has 0 spiro atoms. The lowest BCUT2D eigenvalue weighted by molar-refractivity contribution is 1.16. The van der Waals surface area contributed by atoms with Gasteiger partial charge in [0.15, 0.2) is 0 Å². The maximum absolute atomic E-state index is 3.69. The molecule has 0 aliphatic carbocycles. The standard InChI is InChI=1S/C11H18/c1-5-7-11(4)9-6-8-10(2)3/h5,8-9H,1,6-7H2,2-4H3/b11-9+. The van der Waals surface area contributed by atoms with Crippen molar-refractivity contribution in [2.45, 2.75) is 33.6 Å². The lowest BCUT2D eigenvalue weighted by Gasteiger charge is -1.93. The number of hydrogen-bond acceptors (Lipinski definition) is 0. The van der Waals surface area contributed by atoms with E-state index in [1.54, 1.807) is 0 Å². The van der Waals surface area contributed by atoms with Gasteiger partial charge < -0.3 is 0 Å². The van der Waals surface area contributed by atoms with Crippen LogP contribution in [0.15, 0.2) is 36.0 Å². The van der Waals surface area contributed by atoms with Gasteiger partial charge in [-0.05, 0) is 33.6 Å². The molecular weight excluding hydrogens is 132 g/mol. The van der Waals surface area contributed by atoms with Crippen LogP contribution in [0.1, 0.15) is 33.6 Å². The molecule has 0 aliphatic heterocycles. The Hall–Kier alpha value is -0.780. The van der Waals surface area contributed by atoms with Crippen molar-refractivity contribution in [3.63, 3.8) is 0 Å². The van der Waals surface area contributed by atoms with Crippen LogP contribution in [-0.2, 0) is 0 Å². The molecule has 0 unspecified atom stereocenters. The maximum atomic E-state index is 3.69. The molecule has 0 heterocycles. The van der Waals surface area contributed by atoms with E-state index in [4.69, 9.17) is 0 Å². The fourth-order valence-electron chi connectivity index (χ4n) is 0.807. The maximum Gasteiger partial charge on any atom is -0.0144 e. The summed E-state index contributed by atoms with van der Waals surface area (Å²) >= 11 is 0. The van der Waals surface area contributed by atoms with Crippen molar-refractivity contribution >= 4 is 0 Å². The molecule has 0 aliphatic rings. The van der Waals surface area contributed by atoms with Gasteiger partial charge in [0.25, 0.3) is 0 Å². The van der Waals surface area contributed by atoms with Gasteiger partial charge in [0.1, 0.15) is 0 Å². The van der Waals surface area contributed by atoms with Crippen LogP contribution in [0, 0.1) is 0 Å². The molecule has 0 rings (SSSR count). The third kappa shape index (κ3) is 7.11. The summed E-state index contributed by atoms with van der Waals surface area (Å²) in [5, 5.41) is 0. The summed E-state index contributed by atoms with van der Waals surface area (Å²) in [7, 11) is 0. The summed E-state index contributed by atoms with van der Waals surface area (Å²) in [4.78, 5) is 0. The molecule has 0 heteroatoms. The van der Waals surface area contributed by atoms with E-state index < -0.39 is 0 Å². The molecule has 0 amide bonds. The first kappa shape index (κ1) is 10.2. The molecule has 0 aromatic heterocycles. The summed E-state index contributed by atoms with van der Waals surface area (Å²) in [6.07, 6.45) is 8.48. The van der Waals surface area contributed by atoms with E-state index in [0.717, 1.165) is 12.8 Å². The Morgan fingerprint density at radius 1 is 1.18 bits per heavy atom. The van der Waals surface area contributed by atoms with Gasteiger partial charge in [0.05, 0.1) is 0 Å². The topological polar surface area (TPSA) is 0 Å². The lowest BCUT2D eigenvalue weighted by atomic mass is 10.1. The van der Waals surface area contributed by atoms with Crippen LogP contribution < -0.4 is 0 Å². The summed E-state index contributed by atoms with van der Waals surface area (Å²) in [6, 6.07) is 0. The Morgan fingerprint density at radius 2 is 1.82 bits per heavy atom.